The average molecular weight is 289 g/mol. The van der Waals surface area contributed by atoms with E-state index in [9.17, 15) is 4.79 Å². The highest BCUT2D eigenvalue weighted by Crippen LogP contribution is 2.49. The number of ether oxygens (including phenoxy) is 1. The second kappa shape index (κ2) is 6.87. The first-order valence-electron chi connectivity index (χ1n) is 7.98. The van der Waals surface area contributed by atoms with Crippen LogP contribution in [0.2, 0.25) is 0 Å². The number of hydrogen-bond donors (Lipinski definition) is 1. The minimum Gasteiger partial charge on any atom is -0.463 e. The molecule has 5 nitrogen and oxygen atoms in total. The lowest BCUT2D eigenvalue weighted by atomic mass is 9.86. The van der Waals surface area contributed by atoms with E-state index < -0.39 is 0 Å². The largest absolute Gasteiger partial charge is 0.463 e. The number of carbonyl (C=O) groups excluding carboxylic acids is 1. The molecule has 1 aromatic rings. The molecule has 0 aliphatic heterocycles. The van der Waals surface area contributed by atoms with E-state index in [-0.39, 0.29) is 5.91 Å². The molecule has 21 heavy (non-hydrogen) atoms. The molecular weight excluding hydrogens is 266 g/mol. The van der Waals surface area contributed by atoms with Crippen molar-refractivity contribution in [2.45, 2.75) is 38.5 Å². The van der Waals surface area contributed by atoms with Gasteiger partial charge in [0.2, 0.25) is 5.91 Å². The van der Waals surface area contributed by atoms with E-state index in [1.807, 2.05) is 0 Å². The second-order valence-corrected chi connectivity index (χ2v) is 6.22. The number of rotatable bonds is 7. The molecule has 1 N–H and O–H groups in total. The third-order valence-corrected chi connectivity index (χ3v) is 4.75. The second-order valence-electron chi connectivity index (χ2n) is 6.22. The van der Waals surface area contributed by atoms with Gasteiger partial charge in [-0.2, -0.15) is 0 Å². The van der Waals surface area contributed by atoms with Gasteiger partial charge in [0.15, 0.2) is 0 Å². The molecule has 1 amide bonds. The molecule has 2 saturated carbocycles. The molecule has 5 heteroatoms. The monoisotopic (exact) mass is 289 g/mol. The Morgan fingerprint density at radius 2 is 2.14 bits per heavy atom. The van der Waals surface area contributed by atoms with Crippen molar-refractivity contribution in [3.05, 3.63) is 18.5 Å². The minimum absolute atomic E-state index is 0.198. The minimum atomic E-state index is 0.198. The maximum Gasteiger partial charge on any atom is 0.316 e. The van der Waals surface area contributed by atoms with Gasteiger partial charge in [-0.25, -0.2) is 9.97 Å². The fourth-order valence-electron chi connectivity index (χ4n) is 3.76. The summed E-state index contributed by atoms with van der Waals surface area (Å²) >= 11 is 0. The molecule has 1 aromatic heterocycles. The smallest absolute Gasteiger partial charge is 0.316 e. The number of nitrogens with zero attached hydrogens (tertiary/aromatic N) is 2. The van der Waals surface area contributed by atoms with Gasteiger partial charge < -0.3 is 10.1 Å². The van der Waals surface area contributed by atoms with Gasteiger partial charge >= 0.3 is 6.01 Å². The van der Waals surface area contributed by atoms with Gasteiger partial charge in [-0.3, -0.25) is 4.79 Å². The Labute approximate surface area is 125 Å². The van der Waals surface area contributed by atoms with Crippen LogP contribution in [-0.4, -0.2) is 29.0 Å². The summed E-state index contributed by atoms with van der Waals surface area (Å²) < 4.78 is 5.39. The summed E-state index contributed by atoms with van der Waals surface area (Å²) in [6, 6.07) is 2.15. The Bertz CT molecular complexity index is 466. The van der Waals surface area contributed by atoms with Crippen LogP contribution < -0.4 is 10.1 Å². The molecule has 3 unspecified atom stereocenters. The third kappa shape index (κ3) is 3.93. The third-order valence-electron chi connectivity index (χ3n) is 4.75. The van der Waals surface area contributed by atoms with Crippen LogP contribution in [0.15, 0.2) is 18.5 Å². The molecule has 2 aliphatic rings. The van der Waals surface area contributed by atoms with Crippen molar-refractivity contribution in [3.8, 4) is 6.01 Å². The van der Waals surface area contributed by atoms with Gasteiger partial charge in [0.25, 0.3) is 0 Å². The Hall–Kier alpha value is -1.65. The standard InChI is InChI=1S/C16H23N3O2/c20-15(11-14-10-12-3-4-13(14)9-12)17-7-2-8-21-16-18-5-1-6-19-16/h1,5-6,12-14H,2-4,7-11H2,(H,17,20). The number of amides is 1. The lowest BCUT2D eigenvalue weighted by Crippen LogP contribution is -2.28. The van der Waals surface area contributed by atoms with Gasteiger partial charge in [-0.05, 0) is 49.5 Å². The van der Waals surface area contributed by atoms with Gasteiger partial charge in [-0.1, -0.05) is 6.42 Å². The summed E-state index contributed by atoms with van der Waals surface area (Å²) in [6.07, 6.45) is 10.2. The number of hydrogen-bond acceptors (Lipinski definition) is 4. The van der Waals surface area contributed by atoms with Gasteiger partial charge in [0.05, 0.1) is 6.61 Å². The predicted molar refractivity (Wildman–Crippen MR) is 78.7 cm³/mol. The summed E-state index contributed by atoms with van der Waals surface area (Å²) in [6.45, 7) is 1.19. The zero-order valence-electron chi connectivity index (χ0n) is 12.3. The zero-order valence-corrected chi connectivity index (χ0v) is 12.3. The molecule has 3 atom stereocenters. The summed E-state index contributed by atoms with van der Waals surface area (Å²) in [5, 5.41) is 3.00. The van der Waals surface area contributed by atoms with Crippen molar-refractivity contribution in [2.75, 3.05) is 13.2 Å². The van der Waals surface area contributed by atoms with E-state index >= 15 is 0 Å². The molecule has 0 radical (unpaired) electrons. The number of carbonyl (C=O) groups is 1. The Kier molecular flexibility index (Phi) is 4.68. The summed E-state index contributed by atoms with van der Waals surface area (Å²) in [5.74, 6) is 2.56. The highest BCUT2D eigenvalue weighted by Gasteiger charge is 2.39. The van der Waals surface area contributed by atoms with E-state index in [1.165, 1.54) is 25.7 Å². The summed E-state index contributed by atoms with van der Waals surface area (Å²) in [5.41, 5.74) is 0. The lowest BCUT2D eigenvalue weighted by Gasteiger charge is -2.20. The van der Waals surface area contributed by atoms with Crippen molar-refractivity contribution in [2.24, 2.45) is 17.8 Å². The van der Waals surface area contributed by atoms with Crippen LogP contribution in [-0.2, 0) is 4.79 Å². The number of nitrogens with one attached hydrogen (secondary N) is 1. The van der Waals surface area contributed by atoms with Crippen LogP contribution in [0.1, 0.15) is 38.5 Å². The maximum absolute atomic E-state index is 11.9. The van der Waals surface area contributed by atoms with Gasteiger partial charge in [0, 0.05) is 25.4 Å². The Morgan fingerprint density at radius 1 is 1.29 bits per heavy atom. The van der Waals surface area contributed by atoms with E-state index in [4.69, 9.17) is 4.74 Å². The molecule has 0 saturated heterocycles. The van der Waals surface area contributed by atoms with Crippen LogP contribution in [0.5, 0.6) is 6.01 Å². The van der Waals surface area contributed by atoms with Gasteiger partial charge in [-0.15, -0.1) is 0 Å². The predicted octanol–water partition coefficient (Wildman–Crippen LogP) is 2.19. The van der Waals surface area contributed by atoms with Crippen LogP contribution in [0.25, 0.3) is 0 Å². The van der Waals surface area contributed by atoms with Crippen molar-refractivity contribution < 1.29 is 9.53 Å². The molecule has 2 aliphatic carbocycles. The maximum atomic E-state index is 11.9. The van der Waals surface area contributed by atoms with Crippen molar-refractivity contribution in [1.29, 1.82) is 0 Å². The zero-order chi connectivity index (χ0) is 14.5. The summed E-state index contributed by atoms with van der Waals surface area (Å²) in [7, 11) is 0. The first-order valence-corrected chi connectivity index (χ1v) is 7.98. The molecule has 2 fully saturated rings. The topological polar surface area (TPSA) is 64.1 Å². The summed E-state index contributed by atoms with van der Waals surface area (Å²) in [4.78, 5) is 19.9. The average Bonchev–Trinajstić information content (AvgIpc) is 3.10. The van der Waals surface area contributed by atoms with Crippen LogP contribution in [0.3, 0.4) is 0 Å². The van der Waals surface area contributed by atoms with Crippen LogP contribution >= 0.6 is 0 Å². The number of fused-ring (bicyclic) bond motifs is 2. The van der Waals surface area contributed by atoms with Crippen molar-refractivity contribution in [1.82, 2.24) is 15.3 Å². The van der Waals surface area contributed by atoms with Gasteiger partial charge in [0.1, 0.15) is 0 Å². The lowest BCUT2D eigenvalue weighted by molar-refractivity contribution is -0.122. The molecular formula is C16H23N3O2. The first-order chi connectivity index (χ1) is 10.3. The Balaban J connectivity index is 1.26. The highest BCUT2D eigenvalue weighted by atomic mass is 16.5. The molecule has 2 bridgehead atoms. The molecule has 114 valence electrons. The number of aromatic nitrogens is 2. The highest BCUT2D eigenvalue weighted by molar-refractivity contribution is 5.76. The van der Waals surface area contributed by atoms with Crippen LogP contribution in [0.4, 0.5) is 0 Å². The van der Waals surface area contributed by atoms with Crippen LogP contribution in [0, 0.1) is 17.8 Å². The molecule has 0 spiro atoms. The van der Waals surface area contributed by atoms with E-state index in [0.29, 0.717) is 31.5 Å². The Morgan fingerprint density at radius 3 is 2.86 bits per heavy atom. The molecule has 3 rings (SSSR count). The van der Waals surface area contributed by atoms with E-state index in [0.717, 1.165) is 18.3 Å². The van der Waals surface area contributed by atoms with Crippen molar-refractivity contribution in [3.63, 3.8) is 0 Å². The van der Waals surface area contributed by atoms with Crippen molar-refractivity contribution >= 4 is 5.91 Å². The first kappa shape index (κ1) is 14.3. The SMILES string of the molecule is O=C(CC1CC2CCC1C2)NCCCOc1ncccn1. The quantitative estimate of drug-likeness (QED) is 0.781. The fraction of sp³-hybridized carbons (Fsp3) is 0.688. The molecule has 0 aromatic carbocycles. The van der Waals surface area contributed by atoms with E-state index in [1.54, 1.807) is 18.5 Å². The normalized spacial score (nSPS) is 26.8. The van der Waals surface area contributed by atoms with E-state index in [2.05, 4.69) is 15.3 Å². The molecule has 1 heterocycles. The fourth-order valence-corrected chi connectivity index (χ4v) is 3.76.